The number of allylic oxidation sites excluding steroid dienone is 2. The summed E-state index contributed by atoms with van der Waals surface area (Å²) < 4.78 is 5.36. The van der Waals surface area contributed by atoms with Crippen LogP contribution < -0.4 is 0 Å². The first-order valence-electron chi connectivity index (χ1n) is 6.09. The molecule has 0 saturated carbocycles. The molecule has 2 aliphatic rings. The van der Waals surface area contributed by atoms with Crippen molar-refractivity contribution in [2.75, 3.05) is 6.54 Å². The van der Waals surface area contributed by atoms with Crippen molar-refractivity contribution in [3.63, 3.8) is 0 Å². The van der Waals surface area contributed by atoms with Crippen molar-refractivity contribution in [2.45, 2.75) is 45.6 Å². The predicted octanol–water partition coefficient (Wildman–Crippen LogP) is 2.49. The maximum atomic E-state index is 12.0. The summed E-state index contributed by atoms with van der Waals surface area (Å²) in [5.74, 6) is 0.494. The topological polar surface area (TPSA) is 46.6 Å². The molecule has 1 aliphatic carbocycles. The first-order chi connectivity index (χ1) is 7.87. The molecule has 1 amide bonds. The second-order valence-electron chi connectivity index (χ2n) is 5.69. The van der Waals surface area contributed by atoms with Crippen molar-refractivity contribution in [3.05, 3.63) is 11.8 Å². The number of likely N-dealkylation sites (tertiary alicyclic amines) is 1. The number of hydrogen-bond acceptors (Lipinski definition) is 3. The molecule has 1 saturated heterocycles. The van der Waals surface area contributed by atoms with Gasteiger partial charge >= 0.3 is 6.09 Å². The van der Waals surface area contributed by atoms with E-state index in [-0.39, 0.29) is 17.8 Å². The van der Waals surface area contributed by atoms with Gasteiger partial charge in [-0.25, -0.2) is 4.79 Å². The zero-order valence-corrected chi connectivity index (χ0v) is 10.7. The van der Waals surface area contributed by atoms with Gasteiger partial charge in [-0.2, -0.15) is 0 Å². The molecule has 0 aromatic rings. The second kappa shape index (κ2) is 4.17. The highest BCUT2D eigenvalue weighted by Gasteiger charge is 2.36. The minimum Gasteiger partial charge on any atom is -0.443 e. The fourth-order valence-electron chi connectivity index (χ4n) is 2.36. The van der Waals surface area contributed by atoms with E-state index in [2.05, 4.69) is 0 Å². The number of ether oxygens (including phenoxy) is 1. The van der Waals surface area contributed by atoms with Crippen LogP contribution in [0.3, 0.4) is 0 Å². The van der Waals surface area contributed by atoms with E-state index in [0.717, 1.165) is 12.1 Å². The predicted molar refractivity (Wildman–Crippen MR) is 63.4 cm³/mol. The fourth-order valence-corrected chi connectivity index (χ4v) is 2.36. The minimum atomic E-state index is -0.472. The Kier molecular flexibility index (Phi) is 2.98. The normalized spacial score (nSPS) is 24.4. The van der Waals surface area contributed by atoms with Crippen molar-refractivity contribution in [1.29, 1.82) is 0 Å². The van der Waals surface area contributed by atoms with Gasteiger partial charge in [0.1, 0.15) is 11.4 Å². The van der Waals surface area contributed by atoms with E-state index in [1.165, 1.54) is 0 Å². The Morgan fingerprint density at radius 3 is 2.82 bits per heavy atom. The molecule has 1 aliphatic heterocycles. The largest absolute Gasteiger partial charge is 0.443 e. The average Bonchev–Trinajstić information content (AvgIpc) is 2.57. The number of amides is 1. The van der Waals surface area contributed by atoms with Gasteiger partial charge in [-0.05, 0) is 27.2 Å². The van der Waals surface area contributed by atoms with Gasteiger partial charge in [0, 0.05) is 31.0 Å². The van der Waals surface area contributed by atoms with Crippen LogP contribution in [-0.2, 0) is 9.53 Å². The van der Waals surface area contributed by atoms with Crippen molar-refractivity contribution in [2.24, 2.45) is 5.92 Å². The Bertz CT molecular complexity index is 379. The first kappa shape index (κ1) is 12.1. The maximum Gasteiger partial charge on any atom is 0.414 e. The molecule has 0 bridgehead atoms. The van der Waals surface area contributed by atoms with Crippen LogP contribution in [0, 0.1) is 5.92 Å². The smallest absolute Gasteiger partial charge is 0.414 e. The molecule has 4 nitrogen and oxygen atoms in total. The average molecular weight is 237 g/mol. The van der Waals surface area contributed by atoms with E-state index in [0.29, 0.717) is 19.4 Å². The van der Waals surface area contributed by atoms with Gasteiger partial charge in [0.05, 0.1) is 0 Å². The summed E-state index contributed by atoms with van der Waals surface area (Å²) in [4.78, 5) is 25.0. The highest BCUT2D eigenvalue weighted by molar-refractivity contribution is 5.83. The number of rotatable bonds is 0. The molecule has 1 atom stereocenters. The Morgan fingerprint density at radius 1 is 1.47 bits per heavy atom. The quantitative estimate of drug-likeness (QED) is 0.650. The lowest BCUT2D eigenvalue weighted by Crippen LogP contribution is -2.35. The molecule has 94 valence electrons. The molecule has 2 rings (SSSR count). The molecule has 0 radical (unpaired) electrons. The molecular formula is C13H19NO3. The van der Waals surface area contributed by atoms with Crippen LogP contribution in [0.1, 0.15) is 40.0 Å². The molecule has 1 fully saturated rings. The monoisotopic (exact) mass is 237 g/mol. The van der Waals surface area contributed by atoms with Crippen LogP contribution in [0.4, 0.5) is 4.79 Å². The van der Waals surface area contributed by atoms with Crippen molar-refractivity contribution in [3.8, 4) is 0 Å². The fraction of sp³-hybridized carbons (Fsp3) is 0.692. The minimum absolute atomic E-state index is 0.226. The molecule has 17 heavy (non-hydrogen) atoms. The van der Waals surface area contributed by atoms with Crippen molar-refractivity contribution >= 4 is 11.9 Å². The molecule has 1 heterocycles. The molecular weight excluding hydrogens is 218 g/mol. The van der Waals surface area contributed by atoms with Crippen LogP contribution in [0.5, 0.6) is 0 Å². The molecule has 4 heteroatoms. The van der Waals surface area contributed by atoms with Crippen LogP contribution in [-0.4, -0.2) is 28.9 Å². The number of carbonyl (C=O) groups is 2. The van der Waals surface area contributed by atoms with Gasteiger partial charge in [-0.15, -0.1) is 0 Å². The second-order valence-corrected chi connectivity index (χ2v) is 5.69. The Balaban J connectivity index is 2.08. The van der Waals surface area contributed by atoms with Crippen LogP contribution in [0.25, 0.3) is 0 Å². The van der Waals surface area contributed by atoms with Crippen LogP contribution in [0.15, 0.2) is 11.8 Å². The number of ketones is 1. The van der Waals surface area contributed by atoms with Gasteiger partial charge in [-0.3, -0.25) is 9.69 Å². The van der Waals surface area contributed by atoms with Crippen molar-refractivity contribution < 1.29 is 14.3 Å². The first-order valence-corrected chi connectivity index (χ1v) is 6.09. The summed E-state index contributed by atoms with van der Waals surface area (Å²) in [6.45, 7) is 6.24. The lowest BCUT2D eigenvalue weighted by atomic mass is 9.92. The number of nitrogens with zero attached hydrogens (tertiary/aromatic N) is 1. The molecule has 1 unspecified atom stereocenters. The van der Waals surface area contributed by atoms with Gasteiger partial charge in [-0.1, -0.05) is 6.08 Å². The summed E-state index contributed by atoms with van der Waals surface area (Å²) >= 11 is 0. The van der Waals surface area contributed by atoms with Gasteiger partial charge in [0.15, 0.2) is 0 Å². The van der Waals surface area contributed by atoms with Gasteiger partial charge in [0.2, 0.25) is 0 Å². The highest BCUT2D eigenvalue weighted by atomic mass is 16.6. The van der Waals surface area contributed by atoms with Gasteiger partial charge in [0.25, 0.3) is 0 Å². The summed E-state index contributed by atoms with van der Waals surface area (Å²) in [6, 6.07) is 0. The number of hydrogen-bond donors (Lipinski definition) is 0. The Hall–Kier alpha value is -1.32. The SMILES string of the molecule is CC(C)(C)OC(=O)N1CCC2CC(=O)CC=C21. The summed E-state index contributed by atoms with van der Waals surface area (Å²) in [5.41, 5.74) is 0.513. The van der Waals surface area contributed by atoms with E-state index < -0.39 is 5.60 Å². The summed E-state index contributed by atoms with van der Waals surface area (Å²) in [5, 5.41) is 0. The zero-order chi connectivity index (χ0) is 12.6. The van der Waals surface area contributed by atoms with E-state index in [1.54, 1.807) is 4.90 Å². The van der Waals surface area contributed by atoms with E-state index in [1.807, 2.05) is 26.8 Å². The molecule has 0 N–H and O–H groups in total. The summed E-state index contributed by atoms with van der Waals surface area (Å²) in [7, 11) is 0. The molecule has 0 aromatic heterocycles. The van der Waals surface area contributed by atoms with Gasteiger partial charge < -0.3 is 4.74 Å². The highest BCUT2D eigenvalue weighted by Crippen LogP contribution is 2.35. The van der Waals surface area contributed by atoms with Crippen molar-refractivity contribution in [1.82, 2.24) is 4.90 Å². The Morgan fingerprint density at radius 2 is 2.18 bits per heavy atom. The zero-order valence-electron chi connectivity index (χ0n) is 10.7. The standard InChI is InChI=1S/C13H19NO3/c1-13(2,3)17-12(16)14-7-6-9-8-10(15)4-5-11(9)14/h5,9H,4,6-8H2,1-3H3. The van der Waals surface area contributed by atoms with E-state index in [9.17, 15) is 9.59 Å². The number of carbonyl (C=O) groups excluding carboxylic acids is 2. The molecule has 0 aromatic carbocycles. The van der Waals surface area contributed by atoms with Crippen LogP contribution >= 0.6 is 0 Å². The number of fused-ring (bicyclic) bond motifs is 1. The molecule has 0 spiro atoms. The third kappa shape index (κ3) is 2.68. The number of Topliss-reactive ketones (excluding diaryl/α,β-unsaturated/α-hetero) is 1. The van der Waals surface area contributed by atoms with Crippen LogP contribution in [0.2, 0.25) is 0 Å². The maximum absolute atomic E-state index is 12.0. The Labute approximate surface area is 102 Å². The lowest BCUT2D eigenvalue weighted by molar-refractivity contribution is -0.119. The third-order valence-electron chi connectivity index (χ3n) is 3.06. The third-order valence-corrected chi connectivity index (χ3v) is 3.06. The van der Waals surface area contributed by atoms with E-state index >= 15 is 0 Å². The summed E-state index contributed by atoms with van der Waals surface area (Å²) in [6.07, 6.45) is 3.49. The lowest BCUT2D eigenvalue weighted by Gasteiger charge is -2.27. The van der Waals surface area contributed by atoms with E-state index in [4.69, 9.17) is 4.74 Å².